The summed E-state index contributed by atoms with van der Waals surface area (Å²) in [6, 6.07) is 3.13. The molecule has 0 saturated carbocycles. The average molecular weight is 294 g/mol. The van der Waals surface area contributed by atoms with Gasteiger partial charge in [-0.05, 0) is 18.2 Å². The second kappa shape index (κ2) is 4.55. The molecule has 0 aliphatic carbocycles. The highest BCUT2D eigenvalue weighted by Crippen LogP contribution is 2.21. The second-order valence-electron chi connectivity index (χ2n) is 2.93. The van der Waals surface area contributed by atoms with E-state index in [0.29, 0.717) is 0 Å². The van der Waals surface area contributed by atoms with E-state index in [0.717, 1.165) is 29.5 Å². The summed E-state index contributed by atoms with van der Waals surface area (Å²) in [5.41, 5.74) is 1.38. The van der Waals surface area contributed by atoms with Crippen LogP contribution in [0.25, 0.3) is 0 Å². The Morgan fingerprint density at radius 1 is 1.41 bits per heavy atom. The molecule has 0 radical (unpaired) electrons. The second-order valence-corrected chi connectivity index (χ2v) is 5.85. The SMILES string of the molecule is O=S(=O)(Nc1nncs1)c1ccc(F)c(Cl)c1. The topological polar surface area (TPSA) is 72.0 Å². The largest absolute Gasteiger partial charge is 0.263 e. The molecule has 0 bridgehead atoms. The minimum Gasteiger partial charge on any atom is -0.253 e. The van der Waals surface area contributed by atoms with Crippen LogP contribution in [-0.2, 0) is 10.0 Å². The Morgan fingerprint density at radius 3 is 2.76 bits per heavy atom. The van der Waals surface area contributed by atoms with Gasteiger partial charge in [0.1, 0.15) is 11.3 Å². The van der Waals surface area contributed by atoms with Gasteiger partial charge in [0.25, 0.3) is 10.0 Å². The molecule has 2 rings (SSSR count). The van der Waals surface area contributed by atoms with Gasteiger partial charge < -0.3 is 0 Å². The van der Waals surface area contributed by atoms with E-state index in [1.54, 1.807) is 0 Å². The number of hydrogen-bond donors (Lipinski definition) is 1. The number of nitrogens with zero attached hydrogens (tertiary/aromatic N) is 2. The minimum atomic E-state index is -3.82. The number of anilines is 1. The summed E-state index contributed by atoms with van der Waals surface area (Å²) in [5, 5.41) is 6.90. The van der Waals surface area contributed by atoms with Crippen LogP contribution >= 0.6 is 22.9 Å². The number of halogens is 2. The zero-order valence-corrected chi connectivity index (χ0v) is 10.5. The van der Waals surface area contributed by atoms with Gasteiger partial charge in [-0.15, -0.1) is 10.2 Å². The van der Waals surface area contributed by atoms with Crippen LogP contribution < -0.4 is 4.72 Å². The van der Waals surface area contributed by atoms with Gasteiger partial charge in [-0.3, -0.25) is 4.72 Å². The molecule has 0 aliphatic rings. The monoisotopic (exact) mass is 293 g/mol. The fraction of sp³-hybridized carbons (Fsp3) is 0. The Balaban J connectivity index is 2.35. The summed E-state index contributed by atoms with van der Waals surface area (Å²) in [7, 11) is -3.82. The Bertz CT molecular complexity index is 630. The summed E-state index contributed by atoms with van der Waals surface area (Å²) in [6.45, 7) is 0. The summed E-state index contributed by atoms with van der Waals surface area (Å²) in [5.74, 6) is -0.679. The normalized spacial score (nSPS) is 11.4. The van der Waals surface area contributed by atoms with Gasteiger partial charge in [0, 0.05) is 0 Å². The van der Waals surface area contributed by atoms with Crippen LogP contribution in [0.4, 0.5) is 9.52 Å². The van der Waals surface area contributed by atoms with Crippen molar-refractivity contribution >= 4 is 38.1 Å². The Labute approximate surface area is 105 Å². The fourth-order valence-corrected chi connectivity index (χ4v) is 3.00. The van der Waals surface area contributed by atoms with Gasteiger partial charge in [0.2, 0.25) is 5.13 Å². The molecular weight excluding hydrogens is 289 g/mol. The Hall–Kier alpha value is -1.25. The molecule has 0 aliphatic heterocycles. The first-order chi connectivity index (χ1) is 7.99. The number of hydrogen-bond acceptors (Lipinski definition) is 5. The molecule has 5 nitrogen and oxygen atoms in total. The average Bonchev–Trinajstić information content (AvgIpc) is 2.73. The van der Waals surface area contributed by atoms with E-state index in [1.807, 2.05) is 0 Å². The molecule has 2 aromatic rings. The lowest BCUT2D eigenvalue weighted by Crippen LogP contribution is -2.12. The van der Waals surface area contributed by atoms with Gasteiger partial charge in [-0.2, -0.15) is 0 Å². The lowest BCUT2D eigenvalue weighted by molar-refractivity contribution is 0.599. The predicted octanol–water partition coefficient (Wildman–Crippen LogP) is 2.13. The predicted molar refractivity (Wildman–Crippen MR) is 62.1 cm³/mol. The zero-order valence-electron chi connectivity index (χ0n) is 8.09. The maximum Gasteiger partial charge on any atom is 0.263 e. The van der Waals surface area contributed by atoms with E-state index in [1.165, 1.54) is 5.51 Å². The van der Waals surface area contributed by atoms with Crippen LogP contribution in [0.5, 0.6) is 0 Å². The first kappa shape index (κ1) is 12.2. The van der Waals surface area contributed by atoms with Gasteiger partial charge in [-0.1, -0.05) is 22.9 Å². The third kappa shape index (κ3) is 2.71. The minimum absolute atomic E-state index is 0.130. The molecular formula is C8H5ClFN3O2S2. The molecule has 1 aromatic carbocycles. The fourth-order valence-electron chi connectivity index (χ4n) is 1.04. The van der Waals surface area contributed by atoms with Gasteiger partial charge in [0.15, 0.2) is 0 Å². The molecule has 0 saturated heterocycles. The summed E-state index contributed by atoms with van der Waals surface area (Å²) >= 11 is 6.54. The standard InChI is InChI=1S/C8H5ClFN3O2S2/c9-6-3-5(1-2-7(6)10)17(14,15)13-8-12-11-4-16-8/h1-4H,(H,12,13). The summed E-state index contributed by atoms with van der Waals surface area (Å²) in [4.78, 5) is -0.140. The van der Waals surface area contributed by atoms with Gasteiger partial charge >= 0.3 is 0 Å². The van der Waals surface area contributed by atoms with Crippen LogP contribution in [0.3, 0.4) is 0 Å². The maximum absolute atomic E-state index is 12.9. The van der Waals surface area contributed by atoms with Crippen molar-refractivity contribution in [2.75, 3.05) is 4.72 Å². The van der Waals surface area contributed by atoms with Crippen LogP contribution in [-0.4, -0.2) is 18.6 Å². The highest BCUT2D eigenvalue weighted by Gasteiger charge is 2.17. The number of rotatable bonds is 3. The van der Waals surface area contributed by atoms with E-state index < -0.39 is 15.8 Å². The Kier molecular flexibility index (Phi) is 3.27. The van der Waals surface area contributed by atoms with Crippen molar-refractivity contribution in [3.8, 4) is 0 Å². The third-order valence-electron chi connectivity index (χ3n) is 1.78. The molecule has 9 heteroatoms. The molecule has 1 heterocycles. The van der Waals surface area contributed by atoms with Crippen molar-refractivity contribution in [1.29, 1.82) is 0 Å². The van der Waals surface area contributed by atoms with Crippen molar-refractivity contribution in [1.82, 2.24) is 10.2 Å². The lowest BCUT2D eigenvalue weighted by atomic mass is 10.3. The molecule has 90 valence electrons. The maximum atomic E-state index is 12.9. The van der Waals surface area contributed by atoms with Crippen LogP contribution in [0, 0.1) is 5.82 Å². The summed E-state index contributed by atoms with van der Waals surface area (Å²) < 4.78 is 38.7. The van der Waals surface area contributed by atoms with Crippen LogP contribution in [0.2, 0.25) is 5.02 Å². The van der Waals surface area contributed by atoms with Crippen LogP contribution in [0.15, 0.2) is 28.6 Å². The quantitative estimate of drug-likeness (QED) is 0.941. The molecule has 1 aromatic heterocycles. The molecule has 0 unspecified atom stereocenters. The summed E-state index contributed by atoms with van der Waals surface area (Å²) in [6.07, 6.45) is 0. The highest BCUT2D eigenvalue weighted by molar-refractivity contribution is 7.93. The van der Waals surface area contributed by atoms with Crippen molar-refractivity contribution in [3.63, 3.8) is 0 Å². The van der Waals surface area contributed by atoms with E-state index in [9.17, 15) is 12.8 Å². The van der Waals surface area contributed by atoms with Crippen LogP contribution in [0.1, 0.15) is 0 Å². The molecule has 0 spiro atoms. The Morgan fingerprint density at radius 2 is 2.18 bits per heavy atom. The number of sulfonamides is 1. The molecule has 0 amide bonds. The van der Waals surface area contributed by atoms with E-state index in [2.05, 4.69) is 14.9 Å². The first-order valence-corrected chi connectivity index (χ1v) is 6.97. The van der Waals surface area contributed by atoms with Crippen molar-refractivity contribution in [3.05, 3.63) is 34.5 Å². The zero-order chi connectivity index (χ0) is 12.5. The van der Waals surface area contributed by atoms with Gasteiger partial charge in [-0.25, -0.2) is 12.8 Å². The van der Waals surface area contributed by atoms with E-state index in [-0.39, 0.29) is 15.0 Å². The number of nitrogens with one attached hydrogen (secondary N) is 1. The molecule has 0 atom stereocenters. The number of aromatic nitrogens is 2. The van der Waals surface area contributed by atoms with E-state index in [4.69, 9.17) is 11.6 Å². The molecule has 17 heavy (non-hydrogen) atoms. The molecule has 0 fully saturated rings. The first-order valence-electron chi connectivity index (χ1n) is 4.23. The number of benzene rings is 1. The molecule has 1 N–H and O–H groups in total. The van der Waals surface area contributed by atoms with E-state index >= 15 is 0 Å². The highest BCUT2D eigenvalue weighted by atomic mass is 35.5. The van der Waals surface area contributed by atoms with Crippen molar-refractivity contribution < 1.29 is 12.8 Å². The lowest BCUT2D eigenvalue weighted by Gasteiger charge is -2.05. The van der Waals surface area contributed by atoms with Crippen molar-refractivity contribution in [2.45, 2.75) is 4.90 Å². The van der Waals surface area contributed by atoms with Crippen molar-refractivity contribution in [2.24, 2.45) is 0 Å². The van der Waals surface area contributed by atoms with Gasteiger partial charge in [0.05, 0.1) is 9.92 Å². The third-order valence-corrected chi connectivity index (χ3v) is 4.15. The smallest absolute Gasteiger partial charge is 0.253 e.